The number of rotatable bonds is 7. The van der Waals surface area contributed by atoms with Crippen molar-refractivity contribution < 1.29 is 23.0 Å². The number of alkyl halides is 3. The number of aromatic nitrogens is 6. The molecule has 2 aliphatic carbocycles. The van der Waals surface area contributed by atoms with E-state index in [1.807, 2.05) is 17.8 Å². The van der Waals surface area contributed by atoms with Gasteiger partial charge in [0.2, 0.25) is 5.88 Å². The molecule has 12 heteroatoms. The first-order valence-electron chi connectivity index (χ1n) is 13.8. The fourth-order valence-electron chi connectivity index (χ4n) is 6.36. The van der Waals surface area contributed by atoms with Crippen LogP contribution in [0, 0.1) is 0 Å². The molecule has 0 spiro atoms. The lowest BCUT2D eigenvalue weighted by molar-refractivity contribution is -0.137. The number of ether oxygens (including phenoxy) is 1. The Balaban J connectivity index is 1.03. The molecule has 210 valence electrons. The van der Waals surface area contributed by atoms with Crippen LogP contribution < -0.4 is 4.74 Å². The summed E-state index contributed by atoms with van der Waals surface area (Å²) in [5, 5.41) is 23.9. The van der Waals surface area contributed by atoms with Crippen molar-refractivity contribution in [2.24, 2.45) is 7.05 Å². The van der Waals surface area contributed by atoms with E-state index in [9.17, 15) is 18.3 Å². The normalized spacial score (nSPS) is 28.0. The predicted octanol–water partition coefficient (Wildman–Crippen LogP) is 4.22. The van der Waals surface area contributed by atoms with E-state index in [4.69, 9.17) is 4.74 Å². The third-order valence-electron chi connectivity index (χ3n) is 8.80. The van der Waals surface area contributed by atoms with Gasteiger partial charge in [-0.1, -0.05) is 0 Å². The molecule has 3 unspecified atom stereocenters. The highest BCUT2D eigenvalue weighted by Gasteiger charge is 2.40. The molecule has 3 atom stereocenters. The van der Waals surface area contributed by atoms with Crippen LogP contribution in [0.15, 0.2) is 30.7 Å². The summed E-state index contributed by atoms with van der Waals surface area (Å²) >= 11 is 0. The van der Waals surface area contributed by atoms with E-state index in [1.165, 1.54) is 12.0 Å². The fraction of sp³-hybridized carbons (Fsp3) is 0.630. The summed E-state index contributed by atoms with van der Waals surface area (Å²) < 4.78 is 48.3. The fourth-order valence-corrected chi connectivity index (χ4v) is 6.36. The van der Waals surface area contributed by atoms with Crippen LogP contribution >= 0.6 is 0 Å². The molecular weight excluding hydrogens is 511 g/mol. The molecule has 1 saturated heterocycles. The van der Waals surface area contributed by atoms with Crippen molar-refractivity contribution in [2.45, 2.75) is 87.8 Å². The Morgan fingerprint density at radius 1 is 1.08 bits per heavy atom. The van der Waals surface area contributed by atoms with Gasteiger partial charge in [0.25, 0.3) is 0 Å². The highest BCUT2D eigenvalue weighted by atomic mass is 19.4. The Morgan fingerprint density at radius 2 is 1.85 bits per heavy atom. The van der Waals surface area contributed by atoms with Gasteiger partial charge in [-0.3, -0.25) is 9.58 Å². The van der Waals surface area contributed by atoms with Crippen LogP contribution in [0.4, 0.5) is 13.2 Å². The van der Waals surface area contributed by atoms with Crippen molar-refractivity contribution in [3.63, 3.8) is 0 Å². The Morgan fingerprint density at radius 3 is 2.56 bits per heavy atom. The van der Waals surface area contributed by atoms with E-state index in [2.05, 4.69) is 36.1 Å². The van der Waals surface area contributed by atoms with Gasteiger partial charge in [-0.25, -0.2) is 4.98 Å². The first kappa shape index (κ1) is 26.2. The lowest BCUT2D eigenvalue weighted by Gasteiger charge is -2.37. The molecule has 3 aromatic heterocycles. The molecule has 1 aliphatic heterocycles. The van der Waals surface area contributed by atoms with Gasteiger partial charge < -0.3 is 14.4 Å². The van der Waals surface area contributed by atoms with E-state index < -0.39 is 11.7 Å². The highest BCUT2D eigenvalue weighted by Crippen LogP contribution is 2.41. The Bertz CT molecular complexity index is 1280. The van der Waals surface area contributed by atoms with E-state index in [0.717, 1.165) is 75.8 Å². The molecule has 4 heterocycles. The maximum Gasteiger partial charge on any atom is 0.416 e. The molecule has 6 rings (SSSR count). The van der Waals surface area contributed by atoms with E-state index >= 15 is 0 Å². The topological polar surface area (TPSA) is 94.1 Å². The van der Waals surface area contributed by atoms with E-state index in [-0.39, 0.29) is 36.6 Å². The van der Waals surface area contributed by atoms with Crippen molar-refractivity contribution in [3.05, 3.63) is 53.5 Å². The van der Waals surface area contributed by atoms with Crippen LogP contribution in [-0.4, -0.2) is 64.8 Å². The lowest BCUT2D eigenvalue weighted by Crippen LogP contribution is -2.48. The molecule has 3 fully saturated rings. The van der Waals surface area contributed by atoms with Gasteiger partial charge in [0.15, 0.2) is 5.82 Å². The zero-order valence-corrected chi connectivity index (χ0v) is 22.0. The second-order valence-corrected chi connectivity index (χ2v) is 11.2. The SMILES string of the molecule is Cn1c(COc2cc(C(F)(F)F)ccn2)nnc1C1CCC(c2cnn(C3CC(O)C(N4CCC4)C3)c2)CC1. The molecule has 1 N–H and O–H groups in total. The van der Waals surface area contributed by atoms with Crippen molar-refractivity contribution in [3.8, 4) is 5.88 Å². The quantitative estimate of drug-likeness (QED) is 0.475. The number of pyridine rings is 1. The van der Waals surface area contributed by atoms with Crippen molar-refractivity contribution in [1.82, 2.24) is 34.4 Å². The van der Waals surface area contributed by atoms with Crippen molar-refractivity contribution in [1.29, 1.82) is 0 Å². The second kappa shape index (κ2) is 10.5. The Hall–Kier alpha value is -2.99. The number of hydrogen-bond donors (Lipinski definition) is 1. The standard InChI is InChI=1S/C27H34F3N7O2/c1-35-24(16-39-25-11-20(7-8-31-25)27(28,29)30)33-34-26(35)18-5-3-17(4-6-18)19-14-32-37(15-19)21-12-22(23(38)13-21)36-9-2-10-36/h7-8,11,14-15,17-18,21-23,38H,2-6,9-10,12-13,16H2,1H3. The summed E-state index contributed by atoms with van der Waals surface area (Å²) in [4.78, 5) is 6.27. The minimum absolute atomic E-state index is 0.0131. The van der Waals surface area contributed by atoms with Crippen LogP contribution in [0.1, 0.15) is 85.6 Å². The number of nitrogens with zero attached hydrogens (tertiary/aromatic N) is 7. The zero-order chi connectivity index (χ0) is 27.1. The monoisotopic (exact) mass is 545 g/mol. The molecule has 9 nitrogen and oxygen atoms in total. The predicted molar refractivity (Wildman–Crippen MR) is 135 cm³/mol. The number of likely N-dealkylation sites (tertiary alicyclic amines) is 1. The second-order valence-electron chi connectivity index (χ2n) is 11.2. The average Bonchev–Trinajstić information content (AvgIpc) is 3.61. The van der Waals surface area contributed by atoms with E-state index in [0.29, 0.717) is 11.7 Å². The molecule has 0 bridgehead atoms. The molecule has 3 aliphatic rings. The largest absolute Gasteiger partial charge is 0.469 e. The molecule has 0 amide bonds. The lowest BCUT2D eigenvalue weighted by atomic mass is 9.79. The van der Waals surface area contributed by atoms with E-state index in [1.54, 1.807) is 0 Å². The summed E-state index contributed by atoms with van der Waals surface area (Å²) in [5.41, 5.74) is 0.459. The summed E-state index contributed by atoms with van der Waals surface area (Å²) in [6.07, 6.45) is 7.46. The first-order chi connectivity index (χ1) is 18.8. The van der Waals surface area contributed by atoms with Crippen LogP contribution in [-0.2, 0) is 19.8 Å². The van der Waals surface area contributed by atoms with Crippen LogP contribution in [0.5, 0.6) is 5.88 Å². The molecule has 3 aromatic rings. The molecule has 2 saturated carbocycles. The smallest absolute Gasteiger partial charge is 0.416 e. The third kappa shape index (κ3) is 5.41. The summed E-state index contributed by atoms with van der Waals surface area (Å²) in [5.74, 6) is 2.02. The summed E-state index contributed by atoms with van der Waals surface area (Å²) in [7, 11) is 1.87. The molecule has 0 aromatic carbocycles. The van der Waals surface area contributed by atoms with Crippen molar-refractivity contribution >= 4 is 0 Å². The average molecular weight is 546 g/mol. The number of halogens is 3. The number of hydrogen-bond acceptors (Lipinski definition) is 7. The maximum atomic E-state index is 13.0. The van der Waals surface area contributed by atoms with Crippen molar-refractivity contribution in [2.75, 3.05) is 13.1 Å². The minimum atomic E-state index is -4.45. The molecular formula is C27H34F3N7O2. The van der Waals surface area contributed by atoms with Crippen LogP contribution in [0.25, 0.3) is 0 Å². The summed E-state index contributed by atoms with van der Waals surface area (Å²) in [6.45, 7) is 2.17. The molecule has 0 radical (unpaired) electrons. The Kier molecular flexibility index (Phi) is 7.09. The van der Waals surface area contributed by atoms with Gasteiger partial charge in [-0.05, 0) is 75.6 Å². The maximum absolute atomic E-state index is 13.0. The van der Waals surface area contributed by atoms with Gasteiger partial charge in [0.1, 0.15) is 12.4 Å². The Labute approximate surface area is 225 Å². The van der Waals surface area contributed by atoms with Crippen LogP contribution in [0.3, 0.4) is 0 Å². The zero-order valence-electron chi connectivity index (χ0n) is 22.0. The molecule has 39 heavy (non-hydrogen) atoms. The van der Waals surface area contributed by atoms with Gasteiger partial charge in [-0.15, -0.1) is 10.2 Å². The number of aliphatic hydroxyl groups excluding tert-OH is 1. The number of aliphatic hydroxyl groups is 1. The van der Waals surface area contributed by atoms with Gasteiger partial charge in [-0.2, -0.15) is 18.3 Å². The first-order valence-corrected chi connectivity index (χ1v) is 13.8. The van der Waals surface area contributed by atoms with Gasteiger partial charge in [0, 0.05) is 37.5 Å². The minimum Gasteiger partial charge on any atom is -0.469 e. The third-order valence-corrected chi connectivity index (χ3v) is 8.80. The van der Waals surface area contributed by atoms with Gasteiger partial charge >= 0.3 is 6.18 Å². The highest BCUT2D eigenvalue weighted by molar-refractivity contribution is 5.23. The van der Waals surface area contributed by atoms with Gasteiger partial charge in [0.05, 0.1) is 23.9 Å². The van der Waals surface area contributed by atoms with Crippen LogP contribution in [0.2, 0.25) is 0 Å². The summed E-state index contributed by atoms with van der Waals surface area (Å²) in [6, 6.07) is 2.31.